The Morgan fingerprint density at radius 2 is 2.22 bits per heavy atom. The summed E-state index contributed by atoms with van der Waals surface area (Å²) >= 11 is 0. The number of rotatable bonds is 3. The van der Waals surface area contributed by atoms with Crippen LogP contribution in [0.25, 0.3) is 0 Å². The van der Waals surface area contributed by atoms with Gasteiger partial charge in [-0.05, 0) is 19.1 Å². The number of carboxylic acids is 1. The van der Waals surface area contributed by atoms with Gasteiger partial charge in [0.2, 0.25) is 0 Å². The highest BCUT2D eigenvalue weighted by atomic mass is 16.4. The lowest BCUT2D eigenvalue weighted by atomic mass is 10.3. The van der Waals surface area contributed by atoms with Crippen LogP contribution in [0.2, 0.25) is 0 Å². The molecule has 0 atom stereocenters. The predicted molar refractivity (Wildman–Crippen MR) is 63.5 cm³/mol. The standard InChI is InChI=1S/C12H11N3O3/c1-8-5-11(16)15(7-13-8)6-9-3-2-4-10(14-9)12(17)18/h2-5,7H,6H2,1H3,(H,17,18). The van der Waals surface area contributed by atoms with Crippen molar-refractivity contribution in [2.75, 3.05) is 0 Å². The number of hydrogen-bond donors (Lipinski definition) is 1. The summed E-state index contributed by atoms with van der Waals surface area (Å²) in [4.78, 5) is 30.4. The highest BCUT2D eigenvalue weighted by Crippen LogP contribution is 2.01. The Hall–Kier alpha value is -2.50. The normalized spacial score (nSPS) is 10.3. The molecule has 2 aromatic rings. The Morgan fingerprint density at radius 1 is 1.44 bits per heavy atom. The Labute approximate surface area is 103 Å². The Morgan fingerprint density at radius 3 is 2.89 bits per heavy atom. The van der Waals surface area contributed by atoms with E-state index in [4.69, 9.17) is 5.11 Å². The molecule has 0 saturated carbocycles. The minimum atomic E-state index is -1.09. The molecule has 2 rings (SSSR count). The topological polar surface area (TPSA) is 85.1 Å². The summed E-state index contributed by atoms with van der Waals surface area (Å²) in [5, 5.41) is 8.82. The van der Waals surface area contributed by atoms with Crippen molar-refractivity contribution >= 4 is 5.97 Å². The molecule has 0 bridgehead atoms. The largest absolute Gasteiger partial charge is 0.477 e. The third-order valence-electron chi connectivity index (χ3n) is 2.37. The van der Waals surface area contributed by atoms with Gasteiger partial charge in [0.15, 0.2) is 0 Å². The van der Waals surface area contributed by atoms with Crippen LogP contribution < -0.4 is 5.56 Å². The maximum Gasteiger partial charge on any atom is 0.354 e. The first kappa shape index (κ1) is 12.0. The van der Waals surface area contributed by atoms with Crippen LogP contribution in [0.4, 0.5) is 0 Å². The number of carbonyl (C=O) groups is 1. The van der Waals surface area contributed by atoms with E-state index in [0.717, 1.165) is 0 Å². The summed E-state index contributed by atoms with van der Waals surface area (Å²) in [5.41, 5.74) is 0.914. The first-order chi connectivity index (χ1) is 8.56. The minimum Gasteiger partial charge on any atom is -0.477 e. The van der Waals surface area contributed by atoms with Gasteiger partial charge < -0.3 is 5.11 Å². The maximum absolute atomic E-state index is 11.6. The summed E-state index contributed by atoms with van der Waals surface area (Å²) in [6.07, 6.45) is 1.42. The van der Waals surface area contributed by atoms with Crippen molar-refractivity contribution in [1.29, 1.82) is 0 Å². The van der Waals surface area contributed by atoms with E-state index in [9.17, 15) is 9.59 Å². The molecule has 0 spiro atoms. The molecule has 0 fully saturated rings. The minimum absolute atomic E-state index is 0.0411. The van der Waals surface area contributed by atoms with E-state index >= 15 is 0 Å². The van der Waals surface area contributed by atoms with Crippen molar-refractivity contribution in [3.63, 3.8) is 0 Å². The number of carboxylic acid groups (broad SMARTS) is 1. The Balaban J connectivity index is 2.31. The van der Waals surface area contributed by atoms with E-state index in [1.807, 2.05) is 0 Å². The summed E-state index contributed by atoms with van der Waals surface area (Å²) < 4.78 is 1.38. The fourth-order valence-electron chi connectivity index (χ4n) is 1.50. The molecular formula is C12H11N3O3. The maximum atomic E-state index is 11.6. The van der Waals surface area contributed by atoms with Gasteiger partial charge in [-0.15, -0.1) is 0 Å². The molecule has 0 unspecified atom stereocenters. The molecule has 0 aromatic carbocycles. The number of pyridine rings is 1. The molecule has 18 heavy (non-hydrogen) atoms. The van der Waals surface area contributed by atoms with Gasteiger partial charge in [-0.25, -0.2) is 14.8 Å². The molecule has 0 saturated heterocycles. The van der Waals surface area contributed by atoms with Crippen LogP contribution in [0.3, 0.4) is 0 Å². The molecule has 1 N–H and O–H groups in total. The second-order valence-corrected chi connectivity index (χ2v) is 3.82. The van der Waals surface area contributed by atoms with Crippen LogP contribution in [0.5, 0.6) is 0 Å². The molecule has 2 heterocycles. The summed E-state index contributed by atoms with van der Waals surface area (Å²) in [6.45, 7) is 1.93. The third-order valence-corrected chi connectivity index (χ3v) is 2.37. The SMILES string of the molecule is Cc1cc(=O)n(Cc2cccc(C(=O)O)n2)cn1. The van der Waals surface area contributed by atoms with Gasteiger partial charge in [0.1, 0.15) is 5.69 Å². The average Bonchev–Trinajstić information content (AvgIpc) is 2.33. The lowest BCUT2D eigenvalue weighted by Gasteiger charge is -2.05. The van der Waals surface area contributed by atoms with Crippen LogP contribution >= 0.6 is 0 Å². The number of aryl methyl sites for hydroxylation is 1. The zero-order valence-corrected chi connectivity index (χ0v) is 9.70. The van der Waals surface area contributed by atoms with E-state index in [1.54, 1.807) is 19.1 Å². The van der Waals surface area contributed by atoms with Crippen molar-refractivity contribution in [3.05, 3.63) is 58.0 Å². The van der Waals surface area contributed by atoms with E-state index in [2.05, 4.69) is 9.97 Å². The quantitative estimate of drug-likeness (QED) is 0.860. The van der Waals surface area contributed by atoms with Gasteiger partial charge in [0.25, 0.3) is 5.56 Å². The van der Waals surface area contributed by atoms with Gasteiger partial charge in [-0.3, -0.25) is 9.36 Å². The second kappa shape index (κ2) is 4.79. The predicted octanol–water partition coefficient (Wildman–Crippen LogP) is 0.693. The van der Waals surface area contributed by atoms with Gasteiger partial charge >= 0.3 is 5.97 Å². The van der Waals surface area contributed by atoms with Crippen LogP contribution in [-0.2, 0) is 6.54 Å². The molecular weight excluding hydrogens is 234 g/mol. The van der Waals surface area contributed by atoms with Crippen LogP contribution in [0.15, 0.2) is 35.4 Å². The molecule has 0 aliphatic heterocycles. The highest BCUT2D eigenvalue weighted by Gasteiger charge is 2.06. The third kappa shape index (κ3) is 2.60. The van der Waals surface area contributed by atoms with Crippen molar-refractivity contribution < 1.29 is 9.90 Å². The van der Waals surface area contributed by atoms with Gasteiger partial charge in [0.05, 0.1) is 18.6 Å². The number of hydrogen-bond acceptors (Lipinski definition) is 4. The van der Waals surface area contributed by atoms with Crippen molar-refractivity contribution in [1.82, 2.24) is 14.5 Å². The molecule has 6 heteroatoms. The molecule has 0 aliphatic rings. The summed E-state index contributed by atoms with van der Waals surface area (Å²) in [6, 6.07) is 6.08. The molecule has 2 aromatic heterocycles. The van der Waals surface area contributed by atoms with Gasteiger partial charge in [0, 0.05) is 11.8 Å². The fourth-order valence-corrected chi connectivity index (χ4v) is 1.50. The molecule has 6 nitrogen and oxygen atoms in total. The highest BCUT2D eigenvalue weighted by molar-refractivity contribution is 5.85. The molecule has 0 aliphatic carbocycles. The summed E-state index contributed by atoms with van der Waals surface area (Å²) in [7, 11) is 0. The average molecular weight is 245 g/mol. The van der Waals surface area contributed by atoms with Crippen molar-refractivity contribution in [3.8, 4) is 0 Å². The van der Waals surface area contributed by atoms with Gasteiger partial charge in [-0.1, -0.05) is 6.07 Å². The van der Waals surface area contributed by atoms with Crippen molar-refractivity contribution in [2.24, 2.45) is 0 Å². The van der Waals surface area contributed by atoms with E-state index in [-0.39, 0.29) is 17.8 Å². The van der Waals surface area contributed by atoms with E-state index in [1.165, 1.54) is 23.0 Å². The van der Waals surface area contributed by atoms with E-state index in [0.29, 0.717) is 11.4 Å². The van der Waals surface area contributed by atoms with Crippen LogP contribution in [0, 0.1) is 6.92 Å². The molecule has 92 valence electrons. The summed E-state index contributed by atoms with van der Waals surface area (Å²) in [5.74, 6) is -1.09. The smallest absolute Gasteiger partial charge is 0.354 e. The van der Waals surface area contributed by atoms with Gasteiger partial charge in [-0.2, -0.15) is 0 Å². The Bertz CT molecular complexity index is 649. The van der Waals surface area contributed by atoms with Crippen molar-refractivity contribution in [2.45, 2.75) is 13.5 Å². The monoisotopic (exact) mass is 245 g/mol. The second-order valence-electron chi connectivity index (χ2n) is 3.82. The zero-order valence-electron chi connectivity index (χ0n) is 9.70. The number of aromatic nitrogens is 3. The number of nitrogens with zero attached hydrogens (tertiary/aromatic N) is 3. The van der Waals surface area contributed by atoms with Crippen LogP contribution in [-0.4, -0.2) is 25.6 Å². The number of aromatic carboxylic acids is 1. The first-order valence-corrected chi connectivity index (χ1v) is 5.28. The molecule has 0 amide bonds. The molecule has 0 radical (unpaired) electrons. The zero-order chi connectivity index (χ0) is 13.1. The first-order valence-electron chi connectivity index (χ1n) is 5.28. The fraction of sp³-hybridized carbons (Fsp3) is 0.167. The lowest BCUT2D eigenvalue weighted by molar-refractivity contribution is 0.0690. The van der Waals surface area contributed by atoms with Crippen LogP contribution in [0.1, 0.15) is 21.9 Å². The van der Waals surface area contributed by atoms with E-state index < -0.39 is 5.97 Å². The Kier molecular flexibility index (Phi) is 3.18. The lowest BCUT2D eigenvalue weighted by Crippen LogP contribution is -2.21.